The van der Waals surface area contributed by atoms with Gasteiger partial charge in [-0.1, -0.05) is 32.0 Å². The van der Waals surface area contributed by atoms with Gasteiger partial charge in [0.25, 0.3) is 5.91 Å². The number of rotatable bonds is 3. The number of hydrogen-bond donors (Lipinski definition) is 0. The van der Waals surface area contributed by atoms with Gasteiger partial charge in [0, 0.05) is 30.6 Å². The highest BCUT2D eigenvalue weighted by molar-refractivity contribution is 6.00. The fraction of sp³-hybridized carbons (Fsp3) is 0.533. The third-order valence-electron chi connectivity index (χ3n) is 4.23. The predicted molar refractivity (Wildman–Crippen MR) is 69.4 cm³/mol. The number of carbonyl (C=O) groups excluding carboxylic acids is 1. The summed E-state index contributed by atoms with van der Waals surface area (Å²) in [6.45, 7) is 4.00. The lowest BCUT2D eigenvalue weighted by atomic mass is 9.90. The smallest absolute Gasteiger partial charge is 0.257 e. The van der Waals surface area contributed by atoms with E-state index in [0.29, 0.717) is 12.0 Å². The highest BCUT2D eigenvalue weighted by atomic mass is 19.1. The maximum Gasteiger partial charge on any atom is 0.257 e. The van der Waals surface area contributed by atoms with Crippen LogP contribution in [0.4, 0.5) is 4.39 Å². The van der Waals surface area contributed by atoms with E-state index in [9.17, 15) is 9.18 Å². The minimum atomic E-state index is -0.925. The summed E-state index contributed by atoms with van der Waals surface area (Å²) in [7, 11) is 1.60. The number of nitrogens with zero attached hydrogens (tertiary/aromatic N) is 1. The Bertz CT molecular complexity index is 531. The number of alkyl halides is 1. The number of methoxy groups -OCH3 is 1. The van der Waals surface area contributed by atoms with Crippen LogP contribution in [0.25, 0.3) is 0 Å². The molecule has 3 rings (SSSR count). The van der Waals surface area contributed by atoms with E-state index < -0.39 is 11.9 Å². The van der Waals surface area contributed by atoms with Crippen molar-refractivity contribution in [3.8, 4) is 0 Å². The molecule has 1 saturated carbocycles. The van der Waals surface area contributed by atoms with Crippen molar-refractivity contribution in [3.05, 3.63) is 35.4 Å². The van der Waals surface area contributed by atoms with Gasteiger partial charge in [-0.15, -0.1) is 0 Å². The van der Waals surface area contributed by atoms with Crippen molar-refractivity contribution >= 4 is 5.91 Å². The molecule has 1 heterocycles. The molecule has 102 valence electrons. The Morgan fingerprint density at radius 3 is 2.58 bits per heavy atom. The SMILES string of the molecule is COC1(C(C)C)c2ccccc2C(=O)N1[C@H]1C[C@H]1F. The largest absolute Gasteiger partial charge is 0.354 e. The number of hydrogen-bond acceptors (Lipinski definition) is 2. The van der Waals surface area contributed by atoms with Gasteiger partial charge < -0.3 is 4.74 Å². The van der Waals surface area contributed by atoms with E-state index >= 15 is 0 Å². The molecule has 0 radical (unpaired) electrons. The first-order valence-corrected chi connectivity index (χ1v) is 6.66. The lowest BCUT2D eigenvalue weighted by Crippen LogP contribution is -2.50. The number of halogens is 1. The molecule has 1 amide bonds. The molecule has 1 aromatic carbocycles. The van der Waals surface area contributed by atoms with Gasteiger partial charge >= 0.3 is 0 Å². The Morgan fingerprint density at radius 2 is 2.05 bits per heavy atom. The van der Waals surface area contributed by atoms with Crippen LogP contribution in [0, 0.1) is 5.92 Å². The third kappa shape index (κ3) is 1.49. The summed E-state index contributed by atoms with van der Waals surface area (Å²) in [6, 6.07) is 7.09. The normalized spacial score (nSPS) is 32.9. The van der Waals surface area contributed by atoms with Crippen LogP contribution in [0.5, 0.6) is 0 Å². The van der Waals surface area contributed by atoms with E-state index in [1.165, 1.54) is 0 Å². The predicted octanol–water partition coefficient (Wildman–Crippen LogP) is 2.71. The summed E-state index contributed by atoms with van der Waals surface area (Å²) >= 11 is 0. The second-order valence-electron chi connectivity index (χ2n) is 5.60. The lowest BCUT2D eigenvalue weighted by molar-refractivity contribution is -0.151. The van der Waals surface area contributed by atoms with Crippen LogP contribution in [0.3, 0.4) is 0 Å². The Labute approximate surface area is 112 Å². The number of fused-ring (bicyclic) bond motifs is 1. The van der Waals surface area contributed by atoms with E-state index in [-0.39, 0.29) is 17.9 Å². The van der Waals surface area contributed by atoms with Crippen molar-refractivity contribution in [1.82, 2.24) is 4.90 Å². The Kier molecular flexibility index (Phi) is 2.68. The van der Waals surface area contributed by atoms with Crippen LogP contribution in [0.15, 0.2) is 24.3 Å². The molecule has 1 fully saturated rings. The van der Waals surface area contributed by atoms with Crippen LogP contribution in [-0.2, 0) is 10.5 Å². The summed E-state index contributed by atoms with van der Waals surface area (Å²) in [5.41, 5.74) is 0.660. The standard InChI is InChI=1S/C15H18FNO2/c1-9(2)15(19-3)11-7-5-4-6-10(11)14(18)17(15)13-8-12(13)16/h4-7,9,12-13H,8H2,1-3H3/t12-,13+,15?/m1/s1. The van der Waals surface area contributed by atoms with Crippen molar-refractivity contribution in [3.63, 3.8) is 0 Å². The number of benzene rings is 1. The van der Waals surface area contributed by atoms with Gasteiger partial charge in [-0.05, 0) is 6.07 Å². The van der Waals surface area contributed by atoms with E-state index in [2.05, 4.69) is 0 Å². The molecule has 0 spiro atoms. The van der Waals surface area contributed by atoms with Crippen LogP contribution in [0.1, 0.15) is 36.2 Å². The van der Waals surface area contributed by atoms with E-state index in [1.54, 1.807) is 18.1 Å². The van der Waals surface area contributed by atoms with Gasteiger partial charge in [0.15, 0.2) is 5.72 Å². The molecule has 0 saturated heterocycles. The first-order valence-electron chi connectivity index (χ1n) is 6.66. The topological polar surface area (TPSA) is 29.5 Å². The van der Waals surface area contributed by atoms with Crippen molar-refractivity contribution < 1.29 is 13.9 Å². The highest BCUT2D eigenvalue weighted by Gasteiger charge is 2.60. The maximum atomic E-state index is 13.5. The summed E-state index contributed by atoms with van der Waals surface area (Å²) in [5.74, 6) is -0.0609. The van der Waals surface area contributed by atoms with Gasteiger partial charge in [0.2, 0.25) is 0 Å². The zero-order valence-corrected chi connectivity index (χ0v) is 11.4. The minimum absolute atomic E-state index is 0.0536. The van der Waals surface area contributed by atoms with Crippen molar-refractivity contribution in [2.24, 2.45) is 5.92 Å². The molecule has 2 aliphatic rings. The van der Waals surface area contributed by atoms with Crippen molar-refractivity contribution in [2.75, 3.05) is 7.11 Å². The average Bonchev–Trinajstić information content (AvgIpc) is 3.04. The summed E-state index contributed by atoms with van der Waals surface area (Å²) < 4.78 is 19.3. The molecule has 3 atom stereocenters. The maximum absolute atomic E-state index is 13.5. The molecule has 1 aliphatic carbocycles. The van der Waals surface area contributed by atoms with Crippen molar-refractivity contribution in [1.29, 1.82) is 0 Å². The zero-order valence-electron chi connectivity index (χ0n) is 11.4. The first kappa shape index (κ1) is 12.6. The second-order valence-corrected chi connectivity index (χ2v) is 5.60. The Hall–Kier alpha value is -1.42. The molecule has 19 heavy (non-hydrogen) atoms. The van der Waals surface area contributed by atoms with E-state index in [4.69, 9.17) is 4.74 Å². The number of amides is 1. The molecular weight excluding hydrogens is 245 g/mol. The van der Waals surface area contributed by atoms with Crippen LogP contribution in [0.2, 0.25) is 0 Å². The molecule has 4 heteroatoms. The number of carbonyl (C=O) groups is 1. The van der Waals surface area contributed by atoms with Gasteiger partial charge in [0.1, 0.15) is 6.17 Å². The van der Waals surface area contributed by atoms with Crippen LogP contribution >= 0.6 is 0 Å². The fourth-order valence-electron chi connectivity index (χ4n) is 3.24. The molecule has 0 aromatic heterocycles. The summed E-state index contributed by atoms with van der Waals surface area (Å²) in [6.07, 6.45) is -0.510. The molecule has 0 bridgehead atoms. The van der Waals surface area contributed by atoms with Crippen molar-refractivity contribution in [2.45, 2.75) is 38.2 Å². The Balaban J connectivity index is 2.18. The third-order valence-corrected chi connectivity index (χ3v) is 4.23. The van der Waals surface area contributed by atoms with Gasteiger partial charge in [0.05, 0.1) is 6.04 Å². The lowest BCUT2D eigenvalue weighted by Gasteiger charge is -2.41. The second kappa shape index (κ2) is 4.04. The molecule has 3 nitrogen and oxygen atoms in total. The minimum Gasteiger partial charge on any atom is -0.354 e. The summed E-state index contributed by atoms with van der Waals surface area (Å²) in [5, 5.41) is 0. The van der Waals surface area contributed by atoms with Gasteiger partial charge in [-0.25, -0.2) is 4.39 Å². The van der Waals surface area contributed by atoms with Gasteiger partial charge in [-0.3, -0.25) is 9.69 Å². The van der Waals surface area contributed by atoms with E-state index in [0.717, 1.165) is 5.56 Å². The molecule has 1 aliphatic heterocycles. The Morgan fingerprint density at radius 1 is 1.42 bits per heavy atom. The number of ether oxygens (including phenoxy) is 1. The average molecular weight is 263 g/mol. The summed E-state index contributed by atoms with van der Waals surface area (Å²) in [4.78, 5) is 14.2. The molecular formula is C15H18FNO2. The molecule has 1 unspecified atom stereocenters. The molecule has 0 N–H and O–H groups in total. The highest BCUT2D eigenvalue weighted by Crippen LogP contribution is 2.50. The van der Waals surface area contributed by atoms with Crippen LogP contribution in [-0.4, -0.2) is 30.1 Å². The van der Waals surface area contributed by atoms with E-state index in [1.807, 2.05) is 32.0 Å². The molecule has 1 aromatic rings. The monoisotopic (exact) mass is 263 g/mol. The fourth-order valence-corrected chi connectivity index (χ4v) is 3.24. The van der Waals surface area contributed by atoms with Crippen LogP contribution < -0.4 is 0 Å². The first-order chi connectivity index (χ1) is 9.04. The van der Waals surface area contributed by atoms with Gasteiger partial charge in [-0.2, -0.15) is 0 Å². The quantitative estimate of drug-likeness (QED) is 0.839. The zero-order chi connectivity index (χ0) is 13.8.